The van der Waals surface area contributed by atoms with E-state index in [0.29, 0.717) is 126 Å². The number of hydrogen-bond donors (Lipinski definition) is 0. The zero-order valence-corrected chi connectivity index (χ0v) is 50.3. The number of thiophene rings is 2. The summed E-state index contributed by atoms with van der Waals surface area (Å²) in [5.74, 6) is 1.41. The van der Waals surface area contributed by atoms with Crippen molar-refractivity contribution in [3.05, 3.63) is 175 Å². The van der Waals surface area contributed by atoms with Crippen molar-refractivity contribution < 1.29 is 37.9 Å². The normalized spacial score (nSPS) is 12.0. The van der Waals surface area contributed by atoms with Crippen molar-refractivity contribution in [2.45, 2.75) is 0 Å². The Labute approximate surface area is 502 Å². The lowest BCUT2D eigenvalue weighted by Crippen LogP contribution is -2.13. The predicted octanol–water partition coefficient (Wildman–Crippen LogP) is 15.4. The van der Waals surface area contributed by atoms with Crippen molar-refractivity contribution in [2.75, 3.05) is 103 Å². The predicted molar refractivity (Wildman–Crippen MR) is 342 cm³/mol. The third-order valence-electron chi connectivity index (χ3n) is 12.2. The topological polar surface area (TPSA) is 125 Å². The molecule has 418 valence electrons. The highest BCUT2D eigenvalue weighted by Crippen LogP contribution is 2.39. The molecule has 81 heavy (non-hydrogen) atoms. The molecule has 0 aliphatic carbocycles. The Hall–Kier alpha value is -6.06. The first-order valence-corrected chi connectivity index (χ1v) is 31.3. The molecule has 0 saturated carbocycles. The maximum absolute atomic E-state index is 6.14. The van der Waals surface area contributed by atoms with Crippen LogP contribution in [0.1, 0.15) is 41.8 Å². The minimum atomic E-state index is 0.382. The summed E-state index contributed by atoms with van der Waals surface area (Å²) in [6, 6.07) is 45.1. The third kappa shape index (κ3) is 18.5. The summed E-state index contributed by atoms with van der Waals surface area (Å²) in [4.78, 5) is 15.7. The summed E-state index contributed by atoms with van der Waals surface area (Å²) in [5.41, 5.74) is 9.96. The van der Waals surface area contributed by atoms with Gasteiger partial charge in [-0.2, -0.15) is 8.75 Å². The summed E-state index contributed by atoms with van der Waals surface area (Å²) < 4.78 is 55.8. The summed E-state index contributed by atoms with van der Waals surface area (Å²) in [6.07, 6.45) is 17.0. The molecular weight excluding hydrogens is 1210 g/mol. The average Bonchev–Trinajstić information content (AvgIpc) is 4.51. The molecule has 0 bridgehead atoms. The maximum atomic E-state index is 6.14. The summed E-state index contributed by atoms with van der Waals surface area (Å²) >= 11 is 11.3. The van der Waals surface area contributed by atoms with Crippen molar-refractivity contribution in [3.63, 3.8) is 0 Å². The Bertz CT molecular complexity index is 3220. The Morgan fingerprint density at radius 3 is 1.02 bits per heavy atom. The molecule has 9 rings (SSSR count). The molecule has 0 amide bonds. The van der Waals surface area contributed by atoms with Crippen LogP contribution in [-0.4, -0.2) is 122 Å². The zero-order valence-electron chi connectivity index (χ0n) is 44.7. The van der Waals surface area contributed by atoms with E-state index < -0.39 is 0 Å². The van der Waals surface area contributed by atoms with Gasteiger partial charge in [0.1, 0.15) is 35.7 Å². The quantitative estimate of drug-likeness (QED) is 0.0282. The van der Waals surface area contributed by atoms with Crippen LogP contribution >= 0.6 is 66.3 Å². The van der Waals surface area contributed by atoms with Crippen LogP contribution in [0.5, 0.6) is 11.5 Å². The molecule has 0 spiro atoms. The Kier molecular flexibility index (Phi) is 24.4. The van der Waals surface area contributed by atoms with Crippen LogP contribution in [0.25, 0.3) is 93.2 Å². The SMILES string of the molecule is BrCCOCCOCCOCCOc1ccc(-c2nc3c(C=Cc4ccc(C=Cc5ccccc5)s4)c4nsnc4c(C=Cc4ccc(C=Cc5ccccc5)s4)c3nc2-c2ccc(OCCOCCOCCOCCBr)cc2)cc1. The van der Waals surface area contributed by atoms with E-state index in [1.165, 1.54) is 11.7 Å². The van der Waals surface area contributed by atoms with Crippen molar-refractivity contribution in [1.29, 1.82) is 0 Å². The van der Waals surface area contributed by atoms with Crippen molar-refractivity contribution in [1.82, 2.24) is 18.7 Å². The van der Waals surface area contributed by atoms with Crippen LogP contribution in [-0.2, 0) is 28.4 Å². The molecule has 0 aliphatic rings. The van der Waals surface area contributed by atoms with Gasteiger partial charge in [0.15, 0.2) is 0 Å². The number of alkyl halides is 2. The number of nitrogens with zero attached hydrogens (tertiary/aromatic N) is 4. The van der Waals surface area contributed by atoms with Crippen molar-refractivity contribution >= 4 is 137 Å². The summed E-state index contributed by atoms with van der Waals surface area (Å²) in [5, 5.41) is 1.61. The van der Waals surface area contributed by atoms with Crippen molar-refractivity contribution in [3.8, 4) is 34.0 Å². The van der Waals surface area contributed by atoms with E-state index >= 15 is 0 Å². The van der Waals surface area contributed by atoms with Gasteiger partial charge in [-0.3, -0.25) is 0 Å². The lowest BCUT2D eigenvalue weighted by molar-refractivity contribution is 0.0119. The largest absolute Gasteiger partial charge is 0.491 e. The number of hydrogen-bond acceptors (Lipinski definition) is 15. The molecule has 4 aromatic heterocycles. The summed E-state index contributed by atoms with van der Waals surface area (Å²) in [6.45, 7) is 7.02. The lowest BCUT2D eigenvalue weighted by Gasteiger charge is -2.15. The number of aromatic nitrogens is 4. The van der Waals surface area contributed by atoms with Crippen LogP contribution < -0.4 is 9.47 Å². The molecule has 9 aromatic rings. The first-order valence-electron chi connectivity index (χ1n) is 26.7. The second-order valence-corrected chi connectivity index (χ2v) is 22.2. The number of fused-ring (bicyclic) bond motifs is 2. The van der Waals surface area contributed by atoms with E-state index in [9.17, 15) is 0 Å². The second kappa shape index (κ2) is 33.1. The van der Waals surface area contributed by atoms with Crippen LogP contribution in [0.2, 0.25) is 0 Å². The molecule has 0 fully saturated rings. The minimum absolute atomic E-state index is 0.382. The van der Waals surface area contributed by atoms with E-state index in [1.807, 2.05) is 84.9 Å². The smallest absolute Gasteiger partial charge is 0.119 e. The number of halogens is 2. The average molecular weight is 1270 g/mol. The van der Waals surface area contributed by atoms with Gasteiger partial charge < -0.3 is 37.9 Å². The molecule has 4 heterocycles. The highest BCUT2D eigenvalue weighted by atomic mass is 79.9. The fraction of sp³-hybridized carbons (Fsp3) is 0.250. The van der Waals surface area contributed by atoms with Gasteiger partial charge >= 0.3 is 0 Å². The molecule has 0 atom stereocenters. The van der Waals surface area contributed by atoms with Gasteiger partial charge in [-0.15, -0.1) is 22.7 Å². The van der Waals surface area contributed by atoms with Gasteiger partial charge in [0.05, 0.1) is 113 Å². The second-order valence-electron chi connectivity index (χ2n) is 17.8. The third-order valence-corrected chi connectivity index (χ3v) is 15.4. The number of benzene rings is 5. The fourth-order valence-electron chi connectivity index (χ4n) is 8.25. The Balaban J connectivity index is 1.03. The van der Waals surface area contributed by atoms with Crippen LogP contribution in [0, 0.1) is 0 Å². The van der Waals surface area contributed by atoms with Crippen LogP contribution in [0.15, 0.2) is 133 Å². The van der Waals surface area contributed by atoms with E-state index in [1.54, 1.807) is 22.7 Å². The van der Waals surface area contributed by atoms with Crippen LogP contribution in [0.4, 0.5) is 0 Å². The van der Waals surface area contributed by atoms with Gasteiger partial charge in [0, 0.05) is 52.4 Å². The van der Waals surface area contributed by atoms with Gasteiger partial charge in [-0.25, -0.2) is 9.97 Å². The van der Waals surface area contributed by atoms with Crippen molar-refractivity contribution in [2.24, 2.45) is 0 Å². The number of rotatable bonds is 34. The molecule has 5 aromatic carbocycles. The van der Waals surface area contributed by atoms with E-state index in [0.717, 1.165) is 74.6 Å². The molecule has 17 heteroatoms. The van der Waals surface area contributed by atoms with Gasteiger partial charge in [-0.05, 0) is 120 Å². The van der Waals surface area contributed by atoms with Gasteiger partial charge in [0.2, 0.25) is 0 Å². The first kappa shape index (κ1) is 59.6. The monoisotopic (exact) mass is 1270 g/mol. The first-order chi connectivity index (χ1) is 40.1. The van der Waals surface area contributed by atoms with Crippen LogP contribution in [0.3, 0.4) is 0 Å². The molecule has 12 nitrogen and oxygen atoms in total. The van der Waals surface area contributed by atoms with Gasteiger partial charge in [0.25, 0.3) is 0 Å². The molecule has 0 N–H and O–H groups in total. The molecule has 0 aliphatic heterocycles. The lowest BCUT2D eigenvalue weighted by atomic mass is 9.99. The Morgan fingerprint density at radius 1 is 0.333 bits per heavy atom. The molecule has 0 radical (unpaired) electrons. The van der Waals surface area contributed by atoms with E-state index in [4.69, 9.17) is 56.6 Å². The standard InChI is InChI=1S/C64H62Br2N4O8S3/c65-31-33-71-35-37-73-39-41-75-43-45-77-51-17-13-49(14-18-51)59-60(50-15-19-52(20-16-50)78-46-44-76-42-40-74-38-36-72-34-32-66)68-62-58(30-28-56-26-24-54(80-56)22-12-48-9-5-2-6-10-48)64-63(69-81-70-64)57(61(62)67-59)29-27-55-25-23-53(79-55)21-11-47-7-3-1-4-8-47/h1-30H,31-46H2. The molecular formula is C64H62Br2N4O8S3. The minimum Gasteiger partial charge on any atom is -0.491 e. The highest BCUT2D eigenvalue weighted by Gasteiger charge is 2.22. The van der Waals surface area contributed by atoms with Gasteiger partial charge in [-0.1, -0.05) is 105 Å². The fourth-order valence-corrected chi connectivity index (χ4v) is 10.9. The highest BCUT2D eigenvalue weighted by molar-refractivity contribution is 9.09. The van der Waals surface area contributed by atoms with E-state index in [2.05, 4.69) is 129 Å². The van der Waals surface area contributed by atoms with E-state index in [-0.39, 0.29) is 0 Å². The Morgan fingerprint density at radius 2 is 0.667 bits per heavy atom. The number of ether oxygens (including phenoxy) is 8. The zero-order chi connectivity index (χ0) is 55.5. The summed E-state index contributed by atoms with van der Waals surface area (Å²) in [7, 11) is 0. The molecule has 0 unspecified atom stereocenters. The molecule has 0 saturated heterocycles. The maximum Gasteiger partial charge on any atom is 0.119 e.